The molecule has 26 heavy (non-hydrogen) atoms. The van der Waals surface area contributed by atoms with E-state index in [1.807, 2.05) is 36.4 Å². The molecule has 0 aliphatic carbocycles. The van der Waals surface area contributed by atoms with E-state index in [9.17, 15) is 4.39 Å². The van der Waals surface area contributed by atoms with Gasteiger partial charge < -0.3 is 15.4 Å². The molecule has 0 bridgehead atoms. The minimum atomic E-state index is -0.313. The third-order valence-corrected chi connectivity index (χ3v) is 3.71. The number of benzene rings is 2. The molecule has 0 fully saturated rings. The third-order valence-electron chi connectivity index (χ3n) is 3.71. The van der Waals surface area contributed by atoms with Crippen LogP contribution >= 0.6 is 0 Å². The van der Waals surface area contributed by atoms with Crippen LogP contribution in [0.25, 0.3) is 11.3 Å². The first kappa shape index (κ1) is 17.8. The second kappa shape index (κ2) is 8.92. The van der Waals surface area contributed by atoms with Crippen molar-refractivity contribution in [3.05, 3.63) is 66.5 Å². The highest BCUT2D eigenvalue weighted by Gasteiger charge is 2.07. The van der Waals surface area contributed by atoms with Crippen LogP contribution in [0.1, 0.15) is 6.42 Å². The topological polar surface area (TPSA) is 59.1 Å². The van der Waals surface area contributed by atoms with E-state index in [1.165, 1.54) is 12.1 Å². The minimum Gasteiger partial charge on any atom is -0.385 e. The number of nitrogens with one attached hydrogen (secondary N) is 2. The van der Waals surface area contributed by atoms with E-state index >= 15 is 0 Å². The summed E-state index contributed by atoms with van der Waals surface area (Å²) in [6.07, 6.45) is 0.869. The van der Waals surface area contributed by atoms with Crippen molar-refractivity contribution in [3.63, 3.8) is 0 Å². The van der Waals surface area contributed by atoms with Crippen LogP contribution in [0, 0.1) is 5.82 Å². The molecule has 3 rings (SSSR count). The quantitative estimate of drug-likeness (QED) is 0.586. The number of ether oxygens (including phenoxy) is 1. The van der Waals surface area contributed by atoms with E-state index in [1.54, 1.807) is 19.2 Å². The lowest BCUT2D eigenvalue weighted by Gasteiger charge is -2.11. The second-order valence-electron chi connectivity index (χ2n) is 5.74. The highest BCUT2D eigenvalue weighted by atomic mass is 19.1. The Morgan fingerprint density at radius 3 is 2.62 bits per heavy atom. The Morgan fingerprint density at radius 1 is 1.00 bits per heavy atom. The first-order chi connectivity index (χ1) is 12.7. The summed E-state index contributed by atoms with van der Waals surface area (Å²) in [6, 6.07) is 18.0. The van der Waals surface area contributed by atoms with Crippen molar-refractivity contribution in [1.82, 2.24) is 9.97 Å². The number of methoxy groups -OCH3 is 1. The zero-order valence-electron chi connectivity index (χ0n) is 14.6. The summed E-state index contributed by atoms with van der Waals surface area (Å²) in [5.74, 6) is 0.798. The zero-order valence-corrected chi connectivity index (χ0v) is 14.6. The van der Waals surface area contributed by atoms with Gasteiger partial charge in [0.05, 0.1) is 5.69 Å². The van der Waals surface area contributed by atoms with Crippen LogP contribution in [0.5, 0.6) is 0 Å². The second-order valence-corrected chi connectivity index (χ2v) is 5.74. The molecule has 0 amide bonds. The van der Waals surface area contributed by atoms with Crippen molar-refractivity contribution in [3.8, 4) is 11.3 Å². The van der Waals surface area contributed by atoms with Crippen LogP contribution in [0.15, 0.2) is 60.7 Å². The Balaban J connectivity index is 1.86. The molecule has 0 saturated heterocycles. The summed E-state index contributed by atoms with van der Waals surface area (Å²) in [5.41, 5.74) is 2.37. The van der Waals surface area contributed by atoms with E-state index in [0.717, 1.165) is 24.2 Å². The maximum absolute atomic E-state index is 13.4. The molecule has 0 spiro atoms. The summed E-state index contributed by atoms with van der Waals surface area (Å²) in [4.78, 5) is 9.05. The van der Waals surface area contributed by atoms with Gasteiger partial charge in [0.1, 0.15) is 11.6 Å². The van der Waals surface area contributed by atoms with E-state index < -0.39 is 0 Å². The van der Waals surface area contributed by atoms with Gasteiger partial charge in [-0.25, -0.2) is 9.37 Å². The van der Waals surface area contributed by atoms with Crippen LogP contribution in [-0.2, 0) is 4.74 Å². The molecule has 0 saturated carbocycles. The average Bonchev–Trinajstić information content (AvgIpc) is 2.66. The normalized spacial score (nSPS) is 10.5. The van der Waals surface area contributed by atoms with E-state index in [-0.39, 0.29) is 5.82 Å². The van der Waals surface area contributed by atoms with E-state index in [0.29, 0.717) is 24.1 Å². The Kier molecular flexibility index (Phi) is 6.11. The van der Waals surface area contributed by atoms with Gasteiger partial charge >= 0.3 is 0 Å². The first-order valence-corrected chi connectivity index (χ1v) is 8.44. The van der Waals surface area contributed by atoms with Gasteiger partial charge in [-0.2, -0.15) is 4.98 Å². The molecule has 6 heteroatoms. The molecule has 1 heterocycles. The molecule has 0 aliphatic heterocycles. The summed E-state index contributed by atoms with van der Waals surface area (Å²) >= 11 is 0. The van der Waals surface area contributed by atoms with E-state index in [2.05, 4.69) is 20.6 Å². The van der Waals surface area contributed by atoms with Crippen LogP contribution < -0.4 is 10.6 Å². The van der Waals surface area contributed by atoms with Crippen molar-refractivity contribution in [2.45, 2.75) is 6.42 Å². The standard InChI is InChI=1S/C20H21FN4O/c1-26-12-6-11-22-19-14-18(15-7-3-2-4-8-15)24-20(25-19)23-17-10-5-9-16(21)13-17/h2-5,7-10,13-14H,6,11-12H2,1H3,(H2,22,23,24,25). The van der Waals surface area contributed by atoms with Gasteiger partial charge in [0.25, 0.3) is 0 Å². The number of hydrogen-bond donors (Lipinski definition) is 2. The molecule has 134 valence electrons. The molecule has 3 aromatic rings. The molecule has 0 aliphatic rings. The number of aromatic nitrogens is 2. The van der Waals surface area contributed by atoms with Gasteiger partial charge in [-0.3, -0.25) is 0 Å². The van der Waals surface area contributed by atoms with Gasteiger partial charge in [-0.15, -0.1) is 0 Å². The van der Waals surface area contributed by atoms with Gasteiger partial charge in [-0.05, 0) is 24.6 Å². The van der Waals surface area contributed by atoms with Crippen molar-refractivity contribution >= 4 is 17.5 Å². The fourth-order valence-corrected chi connectivity index (χ4v) is 2.48. The summed E-state index contributed by atoms with van der Waals surface area (Å²) in [7, 11) is 1.68. The SMILES string of the molecule is COCCCNc1cc(-c2ccccc2)nc(Nc2cccc(F)c2)n1. The Bertz CT molecular complexity index is 842. The Morgan fingerprint density at radius 2 is 1.85 bits per heavy atom. The van der Waals surface area contributed by atoms with Crippen molar-refractivity contribution < 1.29 is 9.13 Å². The largest absolute Gasteiger partial charge is 0.385 e. The van der Waals surface area contributed by atoms with Gasteiger partial charge in [-0.1, -0.05) is 36.4 Å². The Hall–Kier alpha value is -2.99. The van der Waals surface area contributed by atoms with Crippen LogP contribution in [0.2, 0.25) is 0 Å². The smallest absolute Gasteiger partial charge is 0.229 e. The molecule has 0 unspecified atom stereocenters. The molecular formula is C20H21FN4O. The molecule has 5 nitrogen and oxygen atoms in total. The lowest BCUT2D eigenvalue weighted by molar-refractivity contribution is 0.198. The highest BCUT2D eigenvalue weighted by Crippen LogP contribution is 2.23. The minimum absolute atomic E-state index is 0.313. The monoisotopic (exact) mass is 352 g/mol. The van der Waals surface area contributed by atoms with Crippen LogP contribution in [0.3, 0.4) is 0 Å². The number of nitrogens with zero attached hydrogens (tertiary/aromatic N) is 2. The number of halogens is 1. The molecule has 0 radical (unpaired) electrons. The predicted molar refractivity (Wildman–Crippen MR) is 102 cm³/mol. The van der Waals surface area contributed by atoms with Crippen molar-refractivity contribution in [2.75, 3.05) is 30.9 Å². The summed E-state index contributed by atoms with van der Waals surface area (Å²) < 4.78 is 18.5. The van der Waals surface area contributed by atoms with Gasteiger partial charge in [0.15, 0.2) is 0 Å². The summed E-state index contributed by atoms with van der Waals surface area (Å²) in [6.45, 7) is 1.41. The lowest BCUT2D eigenvalue weighted by atomic mass is 10.1. The molecule has 0 atom stereocenters. The van der Waals surface area contributed by atoms with Gasteiger partial charge in [0, 0.05) is 37.6 Å². The fraction of sp³-hybridized carbons (Fsp3) is 0.200. The maximum Gasteiger partial charge on any atom is 0.229 e. The lowest BCUT2D eigenvalue weighted by Crippen LogP contribution is -2.08. The van der Waals surface area contributed by atoms with Crippen LogP contribution in [-0.4, -0.2) is 30.2 Å². The maximum atomic E-state index is 13.4. The van der Waals surface area contributed by atoms with Crippen molar-refractivity contribution in [2.24, 2.45) is 0 Å². The number of rotatable bonds is 8. The molecule has 2 aromatic carbocycles. The molecule has 1 aromatic heterocycles. The average molecular weight is 352 g/mol. The van der Waals surface area contributed by atoms with Crippen molar-refractivity contribution in [1.29, 1.82) is 0 Å². The predicted octanol–water partition coefficient (Wildman–Crippen LogP) is 4.47. The molecule has 2 N–H and O–H groups in total. The zero-order chi connectivity index (χ0) is 18.2. The molecular weight excluding hydrogens is 331 g/mol. The van der Waals surface area contributed by atoms with Gasteiger partial charge in [0.2, 0.25) is 5.95 Å². The third kappa shape index (κ3) is 5.00. The van der Waals surface area contributed by atoms with Crippen LogP contribution in [0.4, 0.5) is 21.8 Å². The van der Waals surface area contributed by atoms with E-state index in [4.69, 9.17) is 4.74 Å². The summed E-state index contributed by atoms with van der Waals surface area (Å²) in [5, 5.41) is 6.35. The number of hydrogen-bond acceptors (Lipinski definition) is 5. The Labute approximate surface area is 152 Å². The first-order valence-electron chi connectivity index (χ1n) is 8.44. The fourth-order valence-electron chi connectivity index (χ4n) is 2.48. The highest BCUT2D eigenvalue weighted by molar-refractivity contribution is 5.66. The number of anilines is 3.